The van der Waals surface area contributed by atoms with Gasteiger partial charge in [-0.2, -0.15) is 13.2 Å². The topological polar surface area (TPSA) is 35.5 Å². The number of nitrogens with one attached hydrogen (secondary N) is 1. The molecule has 0 aromatic carbocycles. The second-order valence-corrected chi connectivity index (χ2v) is 5.48. The van der Waals surface area contributed by atoms with E-state index in [9.17, 15) is 18.3 Å². The van der Waals surface area contributed by atoms with Gasteiger partial charge in [-0.15, -0.1) is 0 Å². The number of alkyl halides is 3. The highest BCUT2D eigenvalue weighted by Crippen LogP contribution is 2.20. The summed E-state index contributed by atoms with van der Waals surface area (Å²) in [6.45, 7) is 4.52. The monoisotopic (exact) mass is 282 g/mol. The lowest BCUT2D eigenvalue weighted by atomic mass is 9.96. The maximum absolute atomic E-state index is 12.2. The van der Waals surface area contributed by atoms with Crippen LogP contribution in [0.5, 0.6) is 0 Å². The van der Waals surface area contributed by atoms with E-state index in [1.807, 2.05) is 13.8 Å². The van der Waals surface area contributed by atoms with Crippen LogP contribution in [0.2, 0.25) is 0 Å². The van der Waals surface area contributed by atoms with E-state index in [0.29, 0.717) is 45.3 Å². The van der Waals surface area contributed by atoms with E-state index in [2.05, 4.69) is 5.32 Å². The van der Waals surface area contributed by atoms with E-state index < -0.39 is 18.3 Å². The van der Waals surface area contributed by atoms with Crippen molar-refractivity contribution in [2.75, 3.05) is 26.2 Å². The van der Waals surface area contributed by atoms with Gasteiger partial charge in [0.25, 0.3) is 0 Å². The van der Waals surface area contributed by atoms with Gasteiger partial charge in [0, 0.05) is 12.6 Å². The molecule has 3 nitrogen and oxygen atoms in total. The third kappa shape index (κ3) is 6.10. The number of nitrogens with zero attached hydrogens (tertiary/aromatic N) is 1. The van der Waals surface area contributed by atoms with Crippen molar-refractivity contribution in [3.8, 4) is 0 Å². The highest BCUT2D eigenvalue weighted by atomic mass is 19.4. The Morgan fingerprint density at radius 2 is 1.68 bits per heavy atom. The van der Waals surface area contributed by atoms with E-state index in [-0.39, 0.29) is 6.04 Å². The van der Waals surface area contributed by atoms with Crippen LogP contribution < -0.4 is 5.32 Å². The molecule has 1 aliphatic rings. The number of rotatable bonds is 6. The van der Waals surface area contributed by atoms with Gasteiger partial charge in [0.1, 0.15) is 0 Å². The minimum atomic E-state index is -4.11. The van der Waals surface area contributed by atoms with Gasteiger partial charge in [0.2, 0.25) is 0 Å². The Bertz CT molecular complexity index is 259. The quantitative estimate of drug-likeness (QED) is 0.783. The van der Waals surface area contributed by atoms with E-state index in [1.165, 1.54) is 4.90 Å². The summed E-state index contributed by atoms with van der Waals surface area (Å²) in [6, 6.07) is 0.217. The average Bonchev–Trinajstić information content (AvgIpc) is 2.36. The van der Waals surface area contributed by atoms with Crippen molar-refractivity contribution in [3.05, 3.63) is 0 Å². The molecule has 0 radical (unpaired) electrons. The van der Waals surface area contributed by atoms with Crippen LogP contribution in [0.15, 0.2) is 0 Å². The lowest BCUT2D eigenvalue weighted by Gasteiger charge is -2.35. The molecule has 1 saturated heterocycles. The highest BCUT2D eigenvalue weighted by molar-refractivity contribution is 4.83. The molecule has 0 bridgehead atoms. The summed E-state index contributed by atoms with van der Waals surface area (Å²) in [5.74, 6) is 0. The number of aliphatic hydroxyl groups is 1. The third-order valence-corrected chi connectivity index (χ3v) is 4.03. The Labute approximate surface area is 113 Å². The SMILES string of the molecule is CCC(O)(CC)CNC1CCN(CC(F)(F)F)CC1. The fourth-order valence-corrected chi connectivity index (χ4v) is 2.38. The van der Waals surface area contributed by atoms with E-state index in [4.69, 9.17) is 0 Å². The van der Waals surface area contributed by atoms with Crippen LogP contribution in [0.1, 0.15) is 39.5 Å². The molecule has 0 unspecified atom stereocenters. The van der Waals surface area contributed by atoms with Crippen LogP contribution in [-0.2, 0) is 0 Å². The normalized spacial score (nSPS) is 19.9. The number of halogens is 3. The summed E-state index contributed by atoms with van der Waals surface area (Å²) >= 11 is 0. The minimum absolute atomic E-state index is 0.217. The lowest BCUT2D eigenvalue weighted by molar-refractivity contribution is -0.148. The van der Waals surface area contributed by atoms with Crippen molar-refractivity contribution in [1.29, 1.82) is 0 Å². The highest BCUT2D eigenvalue weighted by Gasteiger charge is 2.33. The molecule has 1 fully saturated rings. The second-order valence-electron chi connectivity index (χ2n) is 5.48. The second kappa shape index (κ2) is 6.90. The van der Waals surface area contributed by atoms with Gasteiger partial charge in [0.05, 0.1) is 12.1 Å². The molecule has 1 aliphatic heterocycles. The van der Waals surface area contributed by atoms with Gasteiger partial charge < -0.3 is 10.4 Å². The van der Waals surface area contributed by atoms with Gasteiger partial charge in [-0.05, 0) is 38.8 Å². The van der Waals surface area contributed by atoms with E-state index in [0.717, 1.165) is 0 Å². The summed E-state index contributed by atoms with van der Waals surface area (Å²) in [6.07, 6.45) is -1.32. The summed E-state index contributed by atoms with van der Waals surface area (Å²) < 4.78 is 36.7. The first-order valence-electron chi connectivity index (χ1n) is 7.03. The van der Waals surface area contributed by atoms with Crippen LogP contribution in [0.25, 0.3) is 0 Å². The summed E-state index contributed by atoms with van der Waals surface area (Å²) in [4.78, 5) is 1.45. The molecule has 19 heavy (non-hydrogen) atoms. The molecule has 0 aromatic rings. The van der Waals surface area contributed by atoms with Crippen LogP contribution in [0.4, 0.5) is 13.2 Å². The molecule has 0 spiro atoms. The van der Waals surface area contributed by atoms with Crippen molar-refractivity contribution in [3.63, 3.8) is 0 Å². The van der Waals surface area contributed by atoms with Gasteiger partial charge in [-0.3, -0.25) is 4.90 Å². The maximum atomic E-state index is 12.2. The summed E-state index contributed by atoms with van der Waals surface area (Å²) in [7, 11) is 0. The number of hydrogen-bond donors (Lipinski definition) is 2. The zero-order chi connectivity index (χ0) is 14.5. The fourth-order valence-electron chi connectivity index (χ4n) is 2.38. The standard InChI is InChI=1S/C13H25F3N2O/c1-3-12(19,4-2)9-17-11-5-7-18(8-6-11)10-13(14,15)16/h11,17,19H,3-10H2,1-2H3. The van der Waals surface area contributed by atoms with E-state index >= 15 is 0 Å². The number of piperidine rings is 1. The zero-order valence-electron chi connectivity index (χ0n) is 11.8. The maximum Gasteiger partial charge on any atom is 0.401 e. The Kier molecular flexibility index (Phi) is 6.08. The van der Waals surface area contributed by atoms with Crippen molar-refractivity contribution in [1.82, 2.24) is 10.2 Å². The average molecular weight is 282 g/mol. The summed E-state index contributed by atoms with van der Waals surface area (Å²) in [5.41, 5.74) is -0.691. The molecule has 6 heteroatoms. The Morgan fingerprint density at radius 1 is 1.16 bits per heavy atom. The first-order valence-corrected chi connectivity index (χ1v) is 7.03. The van der Waals surface area contributed by atoms with Gasteiger partial charge in [-0.1, -0.05) is 13.8 Å². The van der Waals surface area contributed by atoms with Crippen LogP contribution >= 0.6 is 0 Å². The molecule has 0 aliphatic carbocycles. The van der Waals surface area contributed by atoms with E-state index in [1.54, 1.807) is 0 Å². The molecule has 0 amide bonds. The molecular weight excluding hydrogens is 257 g/mol. The Morgan fingerprint density at radius 3 is 2.11 bits per heavy atom. The number of hydrogen-bond acceptors (Lipinski definition) is 3. The molecule has 0 atom stereocenters. The first kappa shape index (κ1) is 16.7. The number of likely N-dealkylation sites (tertiary alicyclic amines) is 1. The molecule has 114 valence electrons. The Hall–Kier alpha value is -0.330. The van der Waals surface area contributed by atoms with Crippen molar-refractivity contribution in [2.24, 2.45) is 0 Å². The van der Waals surface area contributed by atoms with Gasteiger partial charge in [-0.25, -0.2) is 0 Å². The zero-order valence-corrected chi connectivity index (χ0v) is 11.8. The lowest BCUT2D eigenvalue weighted by Crippen LogP contribution is -2.49. The molecule has 2 N–H and O–H groups in total. The van der Waals surface area contributed by atoms with Crippen molar-refractivity contribution in [2.45, 2.75) is 57.3 Å². The molecule has 0 aromatic heterocycles. The predicted molar refractivity (Wildman–Crippen MR) is 69.1 cm³/mol. The van der Waals surface area contributed by atoms with Crippen LogP contribution in [-0.4, -0.2) is 54.0 Å². The molecule has 1 rings (SSSR count). The predicted octanol–water partition coefficient (Wildman–Crippen LogP) is 2.15. The Balaban J connectivity index is 2.27. The largest absolute Gasteiger partial charge is 0.401 e. The smallest absolute Gasteiger partial charge is 0.389 e. The third-order valence-electron chi connectivity index (χ3n) is 4.03. The van der Waals surface area contributed by atoms with Crippen molar-refractivity contribution < 1.29 is 18.3 Å². The first-order chi connectivity index (χ1) is 8.78. The minimum Gasteiger partial charge on any atom is -0.389 e. The van der Waals surface area contributed by atoms with Gasteiger partial charge in [0.15, 0.2) is 0 Å². The summed E-state index contributed by atoms with van der Waals surface area (Å²) in [5, 5.41) is 13.4. The molecule has 1 heterocycles. The molecule has 0 saturated carbocycles. The molecular formula is C13H25F3N2O. The van der Waals surface area contributed by atoms with Crippen molar-refractivity contribution >= 4 is 0 Å². The fraction of sp³-hybridized carbons (Fsp3) is 1.00. The van der Waals surface area contributed by atoms with Gasteiger partial charge >= 0.3 is 6.18 Å². The van der Waals surface area contributed by atoms with Crippen LogP contribution in [0.3, 0.4) is 0 Å². The van der Waals surface area contributed by atoms with Crippen LogP contribution in [0, 0.1) is 0 Å².